The molecule has 23 heavy (non-hydrogen) atoms. The number of rotatable bonds is 7. The van der Waals surface area contributed by atoms with Crippen molar-refractivity contribution in [2.45, 2.75) is 26.0 Å². The Labute approximate surface area is 142 Å². The second-order valence-electron chi connectivity index (χ2n) is 5.48. The molecule has 0 aliphatic rings. The van der Waals surface area contributed by atoms with Crippen molar-refractivity contribution in [3.63, 3.8) is 0 Å². The van der Waals surface area contributed by atoms with Crippen LogP contribution < -0.4 is 10.6 Å². The average molecular weight is 331 g/mol. The Hall–Kier alpha value is -1.85. The first kappa shape index (κ1) is 17.5. The first-order chi connectivity index (χ1) is 11.2. The fourth-order valence-corrected chi connectivity index (χ4v) is 3.11. The Balaban J connectivity index is 1.82. The maximum atomic E-state index is 5.17. The van der Waals surface area contributed by atoms with Gasteiger partial charge in [0.2, 0.25) is 0 Å². The van der Waals surface area contributed by atoms with Crippen LogP contribution in [0.1, 0.15) is 28.8 Å². The molecule has 124 valence electrons. The van der Waals surface area contributed by atoms with Gasteiger partial charge in [0.05, 0.1) is 6.61 Å². The second kappa shape index (κ2) is 9.33. The summed E-state index contributed by atoms with van der Waals surface area (Å²) in [5.41, 5.74) is 2.40. The van der Waals surface area contributed by atoms with Gasteiger partial charge >= 0.3 is 0 Å². The van der Waals surface area contributed by atoms with Gasteiger partial charge in [-0.25, -0.2) is 0 Å². The molecular formula is C18H25N3OS. The van der Waals surface area contributed by atoms with Crippen LogP contribution in [-0.4, -0.2) is 26.7 Å². The molecule has 1 aromatic heterocycles. The predicted molar refractivity (Wildman–Crippen MR) is 98.1 cm³/mol. The largest absolute Gasteiger partial charge is 0.380 e. The molecule has 0 saturated carbocycles. The SMILES string of the molecule is CN=C(NCc1cccc(COC)c1)NCC(C)c1cccs1. The zero-order valence-corrected chi connectivity index (χ0v) is 14.8. The molecule has 1 unspecified atom stereocenters. The van der Waals surface area contributed by atoms with Gasteiger partial charge in [-0.2, -0.15) is 0 Å². The lowest BCUT2D eigenvalue weighted by atomic mass is 10.1. The Morgan fingerprint density at radius 2 is 2.04 bits per heavy atom. The van der Waals surface area contributed by atoms with Gasteiger partial charge in [0, 0.05) is 38.0 Å². The standard InChI is InChI=1S/C18H25N3OS/c1-14(17-8-5-9-23-17)11-20-18(19-2)21-12-15-6-4-7-16(10-15)13-22-3/h4-10,14H,11-13H2,1-3H3,(H2,19,20,21). The third kappa shape index (κ3) is 5.69. The number of hydrogen-bond acceptors (Lipinski definition) is 3. The van der Waals surface area contributed by atoms with Gasteiger partial charge in [-0.05, 0) is 22.6 Å². The van der Waals surface area contributed by atoms with Gasteiger partial charge in [-0.1, -0.05) is 37.3 Å². The molecule has 0 aliphatic carbocycles. The summed E-state index contributed by atoms with van der Waals surface area (Å²) < 4.78 is 5.17. The van der Waals surface area contributed by atoms with E-state index in [2.05, 4.69) is 64.3 Å². The molecule has 1 heterocycles. The van der Waals surface area contributed by atoms with E-state index in [1.807, 2.05) is 0 Å². The molecule has 0 fully saturated rings. The summed E-state index contributed by atoms with van der Waals surface area (Å²) in [4.78, 5) is 5.68. The van der Waals surface area contributed by atoms with Crippen molar-refractivity contribution in [1.82, 2.24) is 10.6 Å². The zero-order chi connectivity index (χ0) is 16.5. The highest BCUT2D eigenvalue weighted by Gasteiger charge is 2.07. The Bertz CT molecular complexity index is 610. The minimum absolute atomic E-state index is 0.471. The summed E-state index contributed by atoms with van der Waals surface area (Å²) in [5, 5.41) is 8.86. The molecule has 1 aromatic carbocycles. The second-order valence-corrected chi connectivity index (χ2v) is 6.46. The summed E-state index contributed by atoms with van der Waals surface area (Å²) in [6.07, 6.45) is 0. The van der Waals surface area contributed by atoms with Crippen molar-refractivity contribution >= 4 is 17.3 Å². The number of nitrogens with zero attached hydrogens (tertiary/aromatic N) is 1. The van der Waals surface area contributed by atoms with Crippen molar-refractivity contribution < 1.29 is 4.74 Å². The molecule has 0 radical (unpaired) electrons. The van der Waals surface area contributed by atoms with E-state index in [4.69, 9.17) is 4.74 Å². The summed E-state index contributed by atoms with van der Waals surface area (Å²) in [7, 11) is 3.51. The number of thiophene rings is 1. The van der Waals surface area contributed by atoms with E-state index in [1.54, 1.807) is 25.5 Å². The average Bonchev–Trinajstić information content (AvgIpc) is 3.10. The van der Waals surface area contributed by atoms with Gasteiger partial charge < -0.3 is 15.4 Å². The fraction of sp³-hybridized carbons (Fsp3) is 0.389. The number of methoxy groups -OCH3 is 1. The van der Waals surface area contributed by atoms with Crippen LogP contribution in [0.25, 0.3) is 0 Å². The molecule has 2 rings (SSSR count). The molecular weight excluding hydrogens is 306 g/mol. The molecule has 2 N–H and O–H groups in total. The quantitative estimate of drug-likeness (QED) is 0.604. The number of benzene rings is 1. The number of nitrogens with one attached hydrogen (secondary N) is 2. The third-order valence-corrected chi connectivity index (χ3v) is 4.69. The van der Waals surface area contributed by atoms with Crippen LogP contribution in [0.3, 0.4) is 0 Å². The van der Waals surface area contributed by atoms with E-state index in [1.165, 1.54) is 16.0 Å². The molecule has 1 atom stereocenters. The lowest BCUT2D eigenvalue weighted by molar-refractivity contribution is 0.185. The number of guanidine groups is 1. The van der Waals surface area contributed by atoms with E-state index < -0.39 is 0 Å². The molecule has 4 nitrogen and oxygen atoms in total. The lowest BCUT2D eigenvalue weighted by Crippen LogP contribution is -2.38. The van der Waals surface area contributed by atoms with E-state index in [9.17, 15) is 0 Å². The highest BCUT2D eigenvalue weighted by molar-refractivity contribution is 7.10. The van der Waals surface area contributed by atoms with Crippen LogP contribution in [-0.2, 0) is 17.9 Å². The number of aliphatic imine (C=N–C) groups is 1. The summed E-state index contributed by atoms with van der Waals surface area (Å²) in [5.74, 6) is 1.30. The van der Waals surface area contributed by atoms with E-state index in [0.717, 1.165) is 19.0 Å². The van der Waals surface area contributed by atoms with Crippen molar-refractivity contribution in [2.75, 3.05) is 20.7 Å². The van der Waals surface area contributed by atoms with Crippen LogP contribution in [0.5, 0.6) is 0 Å². The van der Waals surface area contributed by atoms with E-state index in [-0.39, 0.29) is 0 Å². The van der Waals surface area contributed by atoms with Crippen LogP contribution in [0.2, 0.25) is 0 Å². The molecule has 0 spiro atoms. The van der Waals surface area contributed by atoms with Gasteiger partial charge in [0.1, 0.15) is 0 Å². The first-order valence-corrected chi connectivity index (χ1v) is 8.65. The van der Waals surface area contributed by atoms with Gasteiger partial charge in [0.25, 0.3) is 0 Å². The van der Waals surface area contributed by atoms with Gasteiger partial charge in [-0.15, -0.1) is 11.3 Å². The Morgan fingerprint density at radius 3 is 2.74 bits per heavy atom. The molecule has 0 aliphatic heterocycles. The van der Waals surface area contributed by atoms with E-state index in [0.29, 0.717) is 12.5 Å². The zero-order valence-electron chi connectivity index (χ0n) is 14.0. The lowest BCUT2D eigenvalue weighted by Gasteiger charge is -2.15. The first-order valence-electron chi connectivity index (χ1n) is 7.77. The summed E-state index contributed by atoms with van der Waals surface area (Å²) in [6.45, 7) is 4.47. The number of hydrogen-bond donors (Lipinski definition) is 2. The maximum absolute atomic E-state index is 5.17. The smallest absolute Gasteiger partial charge is 0.191 e. The van der Waals surface area contributed by atoms with E-state index >= 15 is 0 Å². The van der Waals surface area contributed by atoms with Crippen LogP contribution in [0, 0.1) is 0 Å². The topological polar surface area (TPSA) is 45.7 Å². The minimum Gasteiger partial charge on any atom is -0.380 e. The van der Waals surface area contributed by atoms with Crippen LogP contribution in [0.15, 0.2) is 46.8 Å². The van der Waals surface area contributed by atoms with Crippen LogP contribution in [0.4, 0.5) is 0 Å². The molecule has 2 aromatic rings. The molecule has 5 heteroatoms. The third-order valence-electron chi connectivity index (χ3n) is 3.59. The maximum Gasteiger partial charge on any atom is 0.191 e. The van der Waals surface area contributed by atoms with Crippen molar-refractivity contribution in [1.29, 1.82) is 0 Å². The fourth-order valence-electron chi connectivity index (χ4n) is 2.32. The monoisotopic (exact) mass is 331 g/mol. The van der Waals surface area contributed by atoms with Gasteiger partial charge in [0.15, 0.2) is 5.96 Å². The highest BCUT2D eigenvalue weighted by atomic mass is 32.1. The number of ether oxygens (including phenoxy) is 1. The summed E-state index contributed by atoms with van der Waals surface area (Å²) in [6, 6.07) is 12.7. The highest BCUT2D eigenvalue weighted by Crippen LogP contribution is 2.19. The normalized spacial score (nSPS) is 12.9. The Morgan fingerprint density at radius 1 is 1.22 bits per heavy atom. The predicted octanol–water partition coefficient (Wildman–Crippen LogP) is 3.36. The van der Waals surface area contributed by atoms with Crippen molar-refractivity contribution in [2.24, 2.45) is 4.99 Å². The van der Waals surface area contributed by atoms with Gasteiger partial charge in [-0.3, -0.25) is 4.99 Å². The molecule has 0 amide bonds. The molecule has 0 bridgehead atoms. The van der Waals surface area contributed by atoms with Crippen LogP contribution >= 0.6 is 11.3 Å². The Kier molecular flexibility index (Phi) is 7.10. The minimum atomic E-state index is 0.471. The summed E-state index contributed by atoms with van der Waals surface area (Å²) >= 11 is 1.79. The van der Waals surface area contributed by atoms with Crippen molar-refractivity contribution in [3.8, 4) is 0 Å². The molecule has 0 saturated heterocycles. The van der Waals surface area contributed by atoms with Crippen molar-refractivity contribution in [3.05, 3.63) is 57.8 Å².